The third-order valence-electron chi connectivity index (χ3n) is 4.42. The van der Waals surface area contributed by atoms with E-state index in [1.54, 1.807) is 36.4 Å². The van der Waals surface area contributed by atoms with Crippen LogP contribution in [0.2, 0.25) is 0 Å². The number of amides is 3. The summed E-state index contributed by atoms with van der Waals surface area (Å²) in [5, 5.41) is 2.64. The summed E-state index contributed by atoms with van der Waals surface area (Å²) in [5.74, 6) is -2.34. The van der Waals surface area contributed by atoms with Gasteiger partial charge in [-0.25, -0.2) is 0 Å². The van der Waals surface area contributed by atoms with Gasteiger partial charge in [0.05, 0.1) is 6.42 Å². The highest BCUT2D eigenvalue weighted by molar-refractivity contribution is 6.11. The molecule has 7 heteroatoms. The lowest BCUT2D eigenvalue weighted by molar-refractivity contribution is -0.155. The average Bonchev–Trinajstić information content (AvgIpc) is 2.67. The number of aryl methyl sites for hydroxylation is 1. The first-order chi connectivity index (χ1) is 13.3. The molecule has 0 fully saturated rings. The number of imide groups is 1. The van der Waals surface area contributed by atoms with E-state index in [1.807, 2.05) is 19.1 Å². The fourth-order valence-electron chi connectivity index (χ4n) is 2.86. The maximum absolute atomic E-state index is 12.5. The van der Waals surface area contributed by atoms with Gasteiger partial charge in [0.1, 0.15) is 6.54 Å². The summed E-state index contributed by atoms with van der Waals surface area (Å²) >= 11 is 0. The molecular formula is C21H20N2O5. The minimum Gasteiger partial charge on any atom is -0.451 e. The first-order valence-electron chi connectivity index (χ1n) is 8.85. The van der Waals surface area contributed by atoms with Crippen molar-refractivity contribution in [1.82, 2.24) is 4.90 Å². The van der Waals surface area contributed by atoms with Crippen LogP contribution in [0.4, 0.5) is 5.69 Å². The van der Waals surface area contributed by atoms with Crippen molar-refractivity contribution < 1.29 is 23.9 Å². The maximum Gasteiger partial charge on any atom is 0.326 e. The van der Waals surface area contributed by atoms with Crippen LogP contribution in [-0.4, -0.2) is 41.2 Å². The highest BCUT2D eigenvalue weighted by Gasteiger charge is 2.33. The van der Waals surface area contributed by atoms with Crippen LogP contribution in [0, 0.1) is 6.92 Å². The number of fused-ring (bicyclic) bond motifs is 1. The summed E-state index contributed by atoms with van der Waals surface area (Å²) in [7, 11) is 0. The van der Waals surface area contributed by atoms with Gasteiger partial charge >= 0.3 is 5.97 Å². The highest BCUT2D eigenvalue weighted by atomic mass is 16.5. The Bertz CT molecular complexity index is 936. The molecule has 2 aromatic carbocycles. The molecule has 0 saturated heterocycles. The molecule has 0 unspecified atom stereocenters. The minimum absolute atomic E-state index is 0.0403. The largest absolute Gasteiger partial charge is 0.451 e. The van der Waals surface area contributed by atoms with Gasteiger partial charge in [0.15, 0.2) is 6.10 Å². The van der Waals surface area contributed by atoms with Crippen molar-refractivity contribution in [2.45, 2.75) is 26.4 Å². The Hall–Kier alpha value is -3.48. The normalized spacial score (nSPS) is 14.3. The second-order valence-electron chi connectivity index (χ2n) is 6.61. The SMILES string of the molecule is Cc1ccc(NC(=O)[C@@H](C)OC(=O)CN2C(=O)Cc3ccccc3C2=O)cc1. The van der Waals surface area contributed by atoms with Crippen LogP contribution < -0.4 is 5.32 Å². The molecule has 7 nitrogen and oxygen atoms in total. The highest BCUT2D eigenvalue weighted by Crippen LogP contribution is 2.19. The van der Waals surface area contributed by atoms with Crippen LogP contribution in [0.25, 0.3) is 0 Å². The van der Waals surface area contributed by atoms with Gasteiger partial charge < -0.3 is 10.1 Å². The van der Waals surface area contributed by atoms with Crippen LogP contribution in [0.1, 0.15) is 28.4 Å². The molecule has 0 aromatic heterocycles. The number of ether oxygens (including phenoxy) is 1. The van der Waals surface area contributed by atoms with Crippen LogP contribution in [0.15, 0.2) is 48.5 Å². The fraction of sp³-hybridized carbons (Fsp3) is 0.238. The van der Waals surface area contributed by atoms with Crippen molar-refractivity contribution in [3.8, 4) is 0 Å². The fourth-order valence-corrected chi connectivity index (χ4v) is 2.86. The molecule has 2 aromatic rings. The Morgan fingerprint density at radius 2 is 1.79 bits per heavy atom. The molecule has 0 saturated carbocycles. The monoisotopic (exact) mass is 380 g/mol. The van der Waals surface area contributed by atoms with Gasteiger partial charge in [0.2, 0.25) is 5.91 Å². The van der Waals surface area contributed by atoms with Gasteiger partial charge in [0.25, 0.3) is 11.8 Å². The van der Waals surface area contributed by atoms with Crippen molar-refractivity contribution in [3.63, 3.8) is 0 Å². The zero-order chi connectivity index (χ0) is 20.3. The number of carbonyl (C=O) groups is 4. The Labute approximate surface area is 162 Å². The van der Waals surface area contributed by atoms with Crippen LogP contribution in [0.5, 0.6) is 0 Å². The number of hydrogen-bond acceptors (Lipinski definition) is 5. The third-order valence-corrected chi connectivity index (χ3v) is 4.42. The number of benzene rings is 2. The molecule has 1 aliphatic rings. The summed E-state index contributed by atoms with van der Waals surface area (Å²) in [6, 6.07) is 13.9. The predicted octanol–water partition coefficient (Wildman–Crippen LogP) is 2.09. The maximum atomic E-state index is 12.5. The number of rotatable bonds is 5. The summed E-state index contributed by atoms with van der Waals surface area (Å²) < 4.78 is 5.10. The number of carbonyl (C=O) groups excluding carboxylic acids is 4. The van der Waals surface area contributed by atoms with Gasteiger partial charge in [-0.2, -0.15) is 0 Å². The van der Waals surface area contributed by atoms with Gasteiger partial charge in [-0.15, -0.1) is 0 Å². The summed E-state index contributed by atoms with van der Waals surface area (Å²) in [4.78, 5) is 49.9. The number of hydrogen-bond donors (Lipinski definition) is 1. The molecule has 0 radical (unpaired) electrons. The number of nitrogens with zero attached hydrogens (tertiary/aromatic N) is 1. The Morgan fingerprint density at radius 1 is 1.11 bits per heavy atom. The zero-order valence-electron chi connectivity index (χ0n) is 15.6. The molecule has 28 heavy (non-hydrogen) atoms. The molecule has 1 atom stereocenters. The minimum atomic E-state index is -1.07. The lowest BCUT2D eigenvalue weighted by Gasteiger charge is -2.26. The van der Waals surface area contributed by atoms with E-state index < -0.39 is 36.3 Å². The third kappa shape index (κ3) is 4.25. The zero-order valence-corrected chi connectivity index (χ0v) is 15.6. The van der Waals surface area contributed by atoms with Crippen molar-refractivity contribution in [3.05, 3.63) is 65.2 Å². The summed E-state index contributed by atoms with van der Waals surface area (Å²) in [5.41, 5.74) is 2.65. The van der Waals surface area contributed by atoms with E-state index in [2.05, 4.69) is 5.32 Å². The topological polar surface area (TPSA) is 92.8 Å². The predicted molar refractivity (Wildman–Crippen MR) is 102 cm³/mol. The molecule has 1 heterocycles. The molecular weight excluding hydrogens is 360 g/mol. The molecule has 0 aliphatic carbocycles. The van der Waals surface area contributed by atoms with E-state index in [0.717, 1.165) is 10.5 Å². The van der Waals surface area contributed by atoms with Crippen LogP contribution >= 0.6 is 0 Å². The van der Waals surface area contributed by atoms with Crippen LogP contribution in [-0.2, 0) is 25.5 Å². The molecule has 3 rings (SSSR count). The van der Waals surface area contributed by atoms with E-state index in [9.17, 15) is 19.2 Å². The van der Waals surface area contributed by atoms with E-state index in [4.69, 9.17) is 4.74 Å². The van der Waals surface area contributed by atoms with E-state index >= 15 is 0 Å². The van der Waals surface area contributed by atoms with E-state index in [1.165, 1.54) is 6.92 Å². The van der Waals surface area contributed by atoms with Crippen molar-refractivity contribution >= 4 is 29.4 Å². The van der Waals surface area contributed by atoms with Gasteiger partial charge in [-0.3, -0.25) is 24.1 Å². The quantitative estimate of drug-likeness (QED) is 0.633. The summed E-state index contributed by atoms with van der Waals surface area (Å²) in [6.07, 6.45) is -1.03. The molecule has 1 N–H and O–H groups in total. The Balaban J connectivity index is 1.59. The molecule has 0 bridgehead atoms. The van der Waals surface area contributed by atoms with Crippen molar-refractivity contribution in [2.24, 2.45) is 0 Å². The van der Waals surface area contributed by atoms with E-state index in [0.29, 0.717) is 16.8 Å². The van der Waals surface area contributed by atoms with Crippen molar-refractivity contribution in [2.75, 3.05) is 11.9 Å². The molecule has 144 valence electrons. The Kier molecular flexibility index (Phi) is 5.54. The standard InChI is InChI=1S/C21H20N2O5/c1-13-7-9-16(10-8-13)22-20(26)14(2)28-19(25)12-23-18(24)11-15-5-3-4-6-17(15)21(23)27/h3-10,14H,11-12H2,1-2H3,(H,22,26)/t14-/m1/s1. The average molecular weight is 380 g/mol. The first-order valence-corrected chi connectivity index (χ1v) is 8.85. The lowest BCUT2D eigenvalue weighted by Crippen LogP contribution is -2.46. The molecule has 0 spiro atoms. The van der Waals surface area contributed by atoms with Crippen molar-refractivity contribution in [1.29, 1.82) is 0 Å². The van der Waals surface area contributed by atoms with Gasteiger partial charge in [-0.05, 0) is 37.6 Å². The Morgan fingerprint density at radius 3 is 2.50 bits per heavy atom. The second kappa shape index (κ2) is 8.04. The lowest BCUT2D eigenvalue weighted by atomic mass is 9.98. The first kappa shape index (κ1) is 19.3. The smallest absolute Gasteiger partial charge is 0.326 e. The number of anilines is 1. The number of esters is 1. The molecule has 3 amide bonds. The van der Waals surface area contributed by atoms with E-state index in [-0.39, 0.29) is 6.42 Å². The number of nitrogens with one attached hydrogen (secondary N) is 1. The second-order valence-corrected chi connectivity index (χ2v) is 6.61. The van der Waals surface area contributed by atoms with Gasteiger partial charge in [0, 0.05) is 11.3 Å². The van der Waals surface area contributed by atoms with Gasteiger partial charge in [-0.1, -0.05) is 35.9 Å². The van der Waals surface area contributed by atoms with Crippen LogP contribution in [0.3, 0.4) is 0 Å². The summed E-state index contributed by atoms with van der Waals surface area (Å²) in [6.45, 7) is 2.82. The molecule has 1 aliphatic heterocycles.